The Morgan fingerprint density at radius 3 is 1.87 bits per heavy atom. The Kier molecular flexibility index (Phi) is 3.68. The Hall–Kier alpha value is -1.56. The van der Waals surface area contributed by atoms with Crippen LogP contribution in [0.1, 0.15) is 16.7 Å². The van der Waals surface area contributed by atoms with Crippen molar-refractivity contribution < 1.29 is 0 Å². The molecule has 2 aromatic carbocycles. The molecule has 0 unspecified atom stereocenters. The molecule has 0 N–H and O–H groups in total. The molecule has 0 nitrogen and oxygen atoms in total. The molecule has 0 aliphatic rings. The minimum absolute atomic E-state index is 1.33. The van der Waals surface area contributed by atoms with Gasteiger partial charge < -0.3 is 0 Å². The summed E-state index contributed by atoms with van der Waals surface area (Å²) in [5.41, 5.74) is 4.06. The predicted molar refractivity (Wildman–Crippen MR) is 69.4 cm³/mol. The van der Waals surface area contributed by atoms with Gasteiger partial charge in [0.25, 0.3) is 0 Å². The van der Waals surface area contributed by atoms with Crippen molar-refractivity contribution in [2.45, 2.75) is 20.8 Å². The fraction of sp³-hybridized carbons (Fsp3) is 0.200. The molecule has 0 radical (unpaired) electrons. The highest BCUT2D eigenvalue weighted by atomic mass is 14.0. The molecule has 0 aliphatic carbocycles. The zero-order valence-electron chi connectivity index (χ0n) is 9.80. The minimum Gasteiger partial charge on any atom is -0.106 e. The summed E-state index contributed by atoms with van der Waals surface area (Å²) >= 11 is 0. The van der Waals surface area contributed by atoms with E-state index in [-0.39, 0.29) is 0 Å². The van der Waals surface area contributed by atoms with Crippen LogP contribution < -0.4 is 0 Å². The third-order valence-corrected chi connectivity index (χ3v) is 2.61. The molecule has 0 fully saturated rings. The molecule has 0 amide bonds. The lowest BCUT2D eigenvalue weighted by atomic mass is 9.99. The zero-order valence-corrected chi connectivity index (χ0v) is 9.80. The highest BCUT2D eigenvalue weighted by Gasteiger charge is 1.99. The Bertz CT molecular complexity index is 467. The largest absolute Gasteiger partial charge is 0.106 e. The number of fused-ring (bicyclic) bond motifs is 1. The molecule has 2 aromatic rings. The number of aryl methyl sites for hydroxylation is 3. The Morgan fingerprint density at radius 2 is 1.27 bits per heavy atom. The molecule has 0 heterocycles. The molecular formula is C15H18. The molecule has 0 spiro atoms. The van der Waals surface area contributed by atoms with Crippen molar-refractivity contribution in [1.29, 1.82) is 0 Å². The summed E-state index contributed by atoms with van der Waals surface area (Å²) in [6.45, 7) is 12.5. The highest BCUT2D eigenvalue weighted by molar-refractivity contribution is 5.88. The van der Waals surface area contributed by atoms with Crippen LogP contribution in [0.4, 0.5) is 0 Å². The van der Waals surface area contributed by atoms with Crippen LogP contribution in [0.15, 0.2) is 43.5 Å². The van der Waals surface area contributed by atoms with Crippen molar-refractivity contribution in [3.63, 3.8) is 0 Å². The molecule has 0 saturated carbocycles. The molecule has 0 atom stereocenters. The third kappa shape index (κ3) is 2.27. The maximum absolute atomic E-state index is 3.00. The Labute approximate surface area is 92.3 Å². The van der Waals surface area contributed by atoms with E-state index in [0.29, 0.717) is 0 Å². The number of hydrogen-bond donors (Lipinski definition) is 0. The molecule has 0 aromatic heterocycles. The standard InChI is InChI=1S/C13H14.C2H4/c1-9-4-7-12-10(2)5-6-11(3)13(12)8-9;1-2/h4-8H,1-3H3;1-2H2. The van der Waals surface area contributed by atoms with Crippen LogP contribution in [-0.2, 0) is 0 Å². The molecule has 2 rings (SSSR count). The maximum Gasteiger partial charge on any atom is -0.0149 e. The minimum atomic E-state index is 1.33. The van der Waals surface area contributed by atoms with Crippen LogP contribution in [0.3, 0.4) is 0 Å². The van der Waals surface area contributed by atoms with Gasteiger partial charge in [-0.1, -0.05) is 35.9 Å². The molecule has 78 valence electrons. The van der Waals surface area contributed by atoms with Gasteiger partial charge in [-0.3, -0.25) is 0 Å². The monoisotopic (exact) mass is 198 g/mol. The summed E-state index contributed by atoms with van der Waals surface area (Å²) in [6, 6.07) is 11.0. The summed E-state index contributed by atoms with van der Waals surface area (Å²) in [6.07, 6.45) is 0. The van der Waals surface area contributed by atoms with Gasteiger partial charge in [0.2, 0.25) is 0 Å². The van der Waals surface area contributed by atoms with Gasteiger partial charge in [0.05, 0.1) is 0 Å². The molecule has 0 saturated heterocycles. The van der Waals surface area contributed by atoms with Crippen molar-refractivity contribution in [3.8, 4) is 0 Å². The van der Waals surface area contributed by atoms with Crippen molar-refractivity contribution in [2.75, 3.05) is 0 Å². The number of rotatable bonds is 0. The summed E-state index contributed by atoms with van der Waals surface area (Å²) in [5, 5.41) is 2.77. The predicted octanol–water partition coefficient (Wildman–Crippen LogP) is 4.57. The SMILES string of the molecule is C=C.Cc1ccc2c(C)ccc(C)c2c1. The summed E-state index contributed by atoms with van der Waals surface area (Å²) in [5.74, 6) is 0. The number of hydrogen-bond acceptors (Lipinski definition) is 0. The van der Waals surface area contributed by atoms with Crippen LogP contribution in [0, 0.1) is 20.8 Å². The van der Waals surface area contributed by atoms with E-state index >= 15 is 0 Å². The van der Waals surface area contributed by atoms with E-state index in [4.69, 9.17) is 0 Å². The van der Waals surface area contributed by atoms with Gasteiger partial charge in [0.1, 0.15) is 0 Å². The van der Waals surface area contributed by atoms with E-state index in [1.165, 1.54) is 27.5 Å². The average molecular weight is 198 g/mol. The van der Waals surface area contributed by atoms with E-state index in [2.05, 4.69) is 64.3 Å². The molecule has 0 heteroatoms. The van der Waals surface area contributed by atoms with Gasteiger partial charge >= 0.3 is 0 Å². The third-order valence-electron chi connectivity index (χ3n) is 2.61. The average Bonchev–Trinajstić information content (AvgIpc) is 2.27. The first-order chi connectivity index (χ1) is 7.18. The van der Waals surface area contributed by atoms with Crippen LogP contribution in [-0.4, -0.2) is 0 Å². The van der Waals surface area contributed by atoms with Gasteiger partial charge in [-0.15, -0.1) is 13.2 Å². The highest BCUT2D eigenvalue weighted by Crippen LogP contribution is 2.22. The van der Waals surface area contributed by atoms with Gasteiger partial charge in [-0.05, 0) is 42.7 Å². The normalized spacial score (nSPS) is 9.53. The van der Waals surface area contributed by atoms with E-state index < -0.39 is 0 Å². The van der Waals surface area contributed by atoms with Crippen LogP contribution in [0.2, 0.25) is 0 Å². The van der Waals surface area contributed by atoms with E-state index in [9.17, 15) is 0 Å². The topological polar surface area (TPSA) is 0 Å². The first-order valence-corrected chi connectivity index (χ1v) is 5.15. The Morgan fingerprint density at radius 1 is 0.733 bits per heavy atom. The van der Waals surface area contributed by atoms with E-state index in [1.807, 2.05) is 0 Å². The van der Waals surface area contributed by atoms with Crippen molar-refractivity contribution in [1.82, 2.24) is 0 Å². The Balaban J connectivity index is 0.000000531. The first kappa shape index (κ1) is 11.5. The van der Waals surface area contributed by atoms with Gasteiger partial charge in [0, 0.05) is 0 Å². The van der Waals surface area contributed by atoms with Crippen molar-refractivity contribution in [3.05, 3.63) is 60.2 Å². The molecule has 0 bridgehead atoms. The van der Waals surface area contributed by atoms with Crippen molar-refractivity contribution in [2.24, 2.45) is 0 Å². The fourth-order valence-electron chi connectivity index (χ4n) is 1.76. The fourth-order valence-corrected chi connectivity index (χ4v) is 1.76. The summed E-state index contributed by atoms with van der Waals surface area (Å²) in [4.78, 5) is 0. The van der Waals surface area contributed by atoms with Gasteiger partial charge in [-0.2, -0.15) is 0 Å². The molecule has 15 heavy (non-hydrogen) atoms. The second-order valence-electron chi connectivity index (χ2n) is 3.75. The number of benzene rings is 2. The van der Waals surface area contributed by atoms with Gasteiger partial charge in [0.15, 0.2) is 0 Å². The second-order valence-corrected chi connectivity index (χ2v) is 3.75. The molecular weight excluding hydrogens is 180 g/mol. The van der Waals surface area contributed by atoms with Crippen LogP contribution in [0.5, 0.6) is 0 Å². The van der Waals surface area contributed by atoms with Crippen molar-refractivity contribution >= 4 is 10.8 Å². The van der Waals surface area contributed by atoms with Crippen LogP contribution in [0.25, 0.3) is 10.8 Å². The first-order valence-electron chi connectivity index (χ1n) is 5.15. The molecule has 0 aliphatic heterocycles. The maximum atomic E-state index is 3.00. The summed E-state index contributed by atoms with van der Waals surface area (Å²) < 4.78 is 0. The van der Waals surface area contributed by atoms with E-state index in [0.717, 1.165) is 0 Å². The lowest BCUT2D eigenvalue weighted by molar-refractivity contribution is 1.43. The van der Waals surface area contributed by atoms with Gasteiger partial charge in [-0.25, -0.2) is 0 Å². The zero-order chi connectivity index (χ0) is 11.4. The lowest BCUT2D eigenvalue weighted by Crippen LogP contribution is -1.83. The summed E-state index contributed by atoms with van der Waals surface area (Å²) in [7, 11) is 0. The van der Waals surface area contributed by atoms with Crippen LogP contribution >= 0.6 is 0 Å². The lowest BCUT2D eigenvalue weighted by Gasteiger charge is -2.05. The second kappa shape index (κ2) is 4.79. The quantitative estimate of drug-likeness (QED) is 0.544. The smallest absolute Gasteiger partial charge is 0.0149 e. The van der Waals surface area contributed by atoms with E-state index in [1.54, 1.807) is 0 Å².